The molecule has 0 aliphatic rings. The molecule has 39 heavy (non-hydrogen) atoms. The highest BCUT2D eigenvalue weighted by atomic mass is 19.4. The van der Waals surface area contributed by atoms with Gasteiger partial charge in [-0.3, -0.25) is 0 Å². The number of hydroxylamine groups is 1. The maximum atomic E-state index is 13.8. The van der Waals surface area contributed by atoms with Gasteiger partial charge in [-0.05, 0) is 41.3 Å². The van der Waals surface area contributed by atoms with Crippen molar-refractivity contribution in [3.63, 3.8) is 0 Å². The number of hydrogen-bond acceptors (Lipinski definition) is 4. The maximum Gasteiger partial charge on any atom is 0.458 e. The molecule has 3 aromatic carbocycles. The number of rotatable bonds is 10. The third-order valence-corrected chi connectivity index (χ3v) is 5.64. The minimum atomic E-state index is -5.90. The lowest BCUT2D eigenvalue weighted by Crippen LogP contribution is -2.42. The van der Waals surface area contributed by atoms with Crippen LogP contribution in [0.3, 0.4) is 0 Å². The molecule has 0 fully saturated rings. The standard InChI is InChI=1S/C27H25F8NO3/c1-17(2)19-11-9-18(10-12-19)16-38-22-7-4-6-21(14-22)36(15-24(37)26(30,31)32)39-23-8-3-5-20(13-23)25(28,29)27(33,34)35/h3-14,17,24,37H,15-16H2,1-2H3/t24-/m0/s1. The van der Waals surface area contributed by atoms with Gasteiger partial charge in [0.05, 0.1) is 12.2 Å². The van der Waals surface area contributed by atoms with Crippen molar-refractivity contribution in [1.29, 1.82) is 0 Å². The Morgan fingerprint density at radius 3 is 2.00 bits per heavy atom. The number of hydrogen-bond donors (Lipinski definition) is 1. The van der Waals surface area contributed by atoms with E-state index < -0.39 is 42.2 Å². The second-order valence-corrected chi connectivity index (χ2v) is 8.99. The summed E-state index contributed by atoms with van der Waals surface area (Å²) in [6.07, 6.45) is -13.9. The van der Waals surface area contributed by atoms with Gasteiger partial charge in [-0.25, -0.2) is 5.06 Å². The van der Waals surface area contributed by atoms with Crippen molar-refractivity contribution in [1.82, 2.24) is 0 Å². The first kappa shape index (κ1) is 30.0. The Morgan fingerprint density at radius 2 is 1.41 bits per heavy atom. The number of aliphatic hydroxyl groups is 1. The van der Waals surface area contributed by atoms with Gasteiger partial charge in [0.1, 0.15) is 12.4 Å². The van der Waals surface area contributed by atoms with Crippen molar-refractivity contribution < 1.29 is 49.8 Å². The Kier molecular flexibility index (Phi) is 8.99. The van der Waals surface area contributed by atoms with Crippen LogP contribution >= 0.6 is 0 Å². The van der Waals surface area contributed by atoms with Crippen molar-refractivity contribution >= 4 is 5.69 Å². The molecule has 1 N–H and O–H groups in total. The van der Waals surface area contributed by atoms with E-state index in [0.717, 1.165) is 23.3 Å². The normalized spacial score (nSPS) is 13.3. The first-order valence-corrected chi connectivity index (χ1v) is 11.6. The zero-order valence-electron chi connectivity index (χ0n) is 20.7. The summed E-state index contributed by atoms with van der Waals surface area (Å²) in [5, 5.41) is 10.2. The average molecular weight is 563 g/mol. The third kappa shape index (κ3) is 7.75. The largest absolute Gasteiger partial charge is 0.489 e. The number of halogens is 8. The number of benzene rings is 3. The molecule has 4 nitrogen and oxygen atoms in total. The predicted octanol–water partition coefficient (Wildman–Crippen LogP) is 7.77. The third-order valence-electron chi connectivity index (χ3n) is 5.64. The van der Waals surface area contributed by atoms with Gasteiger partial charge >= 0.3 is 18.3 Å². The molecule has 0 saturated heterocycles. The Bertz CT molecular complexity index is 1230. The van der Waals surface area contributed by atoms with Crippen LogP contribution in [0.4, 0.5) is 40.8 Å². The van der Waals surface area contributed by atoms with E-state index in [1.807, 2.05) is 38.1 Å². The molecule has 0 saturated carbocycles. The molecule has 212 valence electrons. The number of anilines is 1. The zero-order valence-corrected chi connectivity index (χ0v) is 20.7. The Balaban J connectivity index is 1.86. The van der Waals surface area contributed by atoms with Crippen LogP contribution in [-0.2, 0) is 12.5 Å². The van der Waals surface area contributed by atoms with E-state index in [-0.39, 0.29) is 18.0 Å². The molecule has 3 aromatic rings. The Morgan fingerprint density at radius 1 is 0.795 bits per heavy atom. The summed E-state index contributed by atoms with van der Waals surface area (Å²) in [6.45, 7) is 2.98. The molecule has 3 rings (SSSR count). The quantitative estimate of drug-likeness (QED) is 0.202. The molecule has 0 bridgehead atoms. The van der Waals surface area contributed by atoms with Gasteiger partial charge in [-0.1, -0.05) is 56.3 Å². The molecular weight excluding hydrogens is 538 g/mol. The van der Waals surface area contributed by atoms with Crippen LogP contribution in [0.15, 0.2) is 72.8 Å². The van der Waals surface area contributed by atoms with Gasteiger partial charge < -0.3 is 14.7 Å². The van der Waals surface area contributed by atoms with Gasteiger partial charge in [0.25, 0.3) is 0 Å². The monoisotopic (exact) mass is 563 g/mol. The molecule has 0 heterocycles. The highest BCUT2D eigenvalue weighted by Crippen LogP contribution is 2.44. The molecule has 0 spiro atoms. The van der Waals surface area contributed by atoms with E-state index in [1.54, 1.807) is 0 Å². The lowest BCUT2D eigenvalue weighted by Gasteiger charge is -2.28. The zero-order chi connectivity index (χ0) is 29.0. The Labute approximate surface area is 219 Å². The van der Waals surface area contributed by atoms with Gasteiger partial charge in [0, 0.05) is 11.6 Å². The molecule has 0 aliphatic carbocycles. The SMILES string of the molecule is CC(C)c1ccc(COc2cccc(N(C[C@H](O)C(F)(F)F)Oc3cccc(C(F)(F)C(F)(F)F)c3)c2)cc1. The van der Waals surface area contributed by atoms with Crippen molar-refractivity contribution in [2.45, 2.75) is 50.8 Å². The number of nitrogens with zero attached hydrogens (tertiary/aromatic N) is 1. The van der Waals surface area contributed by atoms with Gasteiger partial charge in [-0.15, -0.1) is 0 Å². The summed E-state index contributed by atoms with van der Waals surface area (Å²) in [6, 6.07) is 15.8. The van der Waals surface area contributed by atoms with Crippen LogP contribution < -0.4 is 14.6 Å². The van der Waals surface area contributed by atoms with Crippen LogP contribution in [0.5, 0.6) is 11.5 Å². The van der Waals surface area contributed by atoms with Gasteiger partial charge in [0.15, 0.2) is 11.9 Å². The lowest BCUT2D eigenvalue weighted by atomic mass is 10.0. The summed E-state index contributed by atoms with van der Waals surface area (Å²) in [5.41, 5.74) is 0.380. The van der Waals surface area contributed by atoms with E-state index in [2.05, 4.69) is 0 Å². The maximum absolute atomic E-state index is 13.8. The van der Waals surface area contributed by atoms with Gasteiger partial charge in [0.2, 0.25) is 0 Å². The van der Waals surface area contributed by atoms with Crippen LogP contribution in [0.25, 0.3) is 0 Å². The number of alkyl halides is 8. The summed E-state index contributed by atoms with van der Waals surface area (Å²) < 4.78 is 111. The van der Waals surface area contributed by atoms with Crippen LogP contribution in [-0.4, -0.2) is 30.1 Å². The van der Waals surface area contributed by atoms with Crippen molar-refractivity contribution in [3.8, 4) is 11.5 Å². The first-order chi connectivity index (χ1) is 18.1. The van der Waals surface area contributed by atoms with Crippen LogP contribution in [0, 0.1) is 0 Å². The first-order valence-electron chi connectivity index (χ1n) is 11.6. The molecule has 0 unspecified atom stereocenters. The smallest absolute Gasteiger partial charge is 0.458 e. The van der Waals surface area contributed by atoms with Crippen LogP contribution in [0.1, 0.15) is 36.5 Å². The lowest BCUT2D eigenvalue weighted by molar-refractivity contribution is -0.289. The molecule has 0 aromatic heterocycles. The summed E-state index contributed by atoms with van der Waals surface area (Å²) in [7, 11) is 0. The average Bonchev–Trinajstić information content (AvgIpc) is 2.86. The van der Waals surface area contributed by atoms with E-state index >= 15 is 0 Å². The number of ether oxygens (including phenoxy) is 1. The minimum Gasteiger partial charge on any atom is -0.489 e. The summed E-state index contributed by atoms with van der Waals surface area (Å²) >= 11 is 0. The highest BCUT2D eigenvalue weighted by Gasteiger charge is 2.58. The fraction of sp³-hybridized carbons (Fsp3) is 0.333. The molecule has 0 aliphatic heterocycles. The fourth-order valence-corrected chi connectivity index (χ4v) is 3.39. The number of aliphatic hydroxyl groups excluding tert-OH is 1. The fourth-order valence-electron chi connectivity index (χ4n) is 3.39. The van der Waals surface area contributed by atoms with E-state index in [9.17, 15) is 40.2 Å². The molecule has 0 radical (unpaired) electrons. The molecule has 12 heteroatoms. The van der Waals surface area contributed by atoms with Gasteiger partial charge in [-0.2, -0.15) is 35.1 Å². The topological polar surface area (TPSA) is 41.9 Å². The summed E-state index contributed by atoms with van der Waals surface area (Å²) in [4.78, 5) is 5.29. The second-order valence-electron chi connectivity index (χ2n) is 8.99. The molecule has 1 atom stereocenters. The van der Waals surface area contributed by atoms with Crippen molar-refractivity contribution in [2.24, 2.45) is 0 Å². The van der Waals surface area contributed by atoms with E-state index in [4.69, 9.17) is 9.57 Å². The highest BCUT2D eigenvalue weighted by molar-refractivity contribution is 5.50. The van der Waals surface area contributed by atoms with Crippen molar-refractivity contribution in [2.75, 3.05) is 11.6 Å². The molecular formula is C27H25F8NO3. The Hall–Kier alpha value is -3.54. The van der Waals surface area contributed by atoms with E-state index in [1.165, 1.54) is 24.3 Å². The van der Waals surface area contributed by atoms with Crippen LogP contribution in [0.2, 0.25) is 0 Å². The molecule has 0 amide bonds. The van der Waals surface area contributed by atoms with E-state index in [0.29, 0.717) is 23.1 Å². The second kappa shape index (κ2) is 11.7. The summed E-state index contributed by atoms with van der Waals surface area (Å²) in [5.74, 6) is -5.31. The minimum absolute atomic E-state index is 0.0843. The van der Waals surface area contributed by atoms with Crippen molar-refractivity contribution in [3.05, 3.63) is 89.5 Å². The predicted molar refractivity (Wildman–Crippen MR) is 128 cm³/mol.